The molecule has 0 unspecified atom stereocenters. The Kier molecular flexibility index (Phi) is 5.60. The van der Waals surface area contributed by atoms with Crippen LogP contribution >= 0.6 is 11.6 Å². The number of piperidine rings is 1. The van der Waals surface area contributed by atoms with E-state index in [0.717, 1.165) is 12.8 Å². The molecule has 1 fully saturated rings. The molecule has 1 amide bonds. The Morgan fingerprint density at radius 2 is 2.20 bits per heavy atom. The normalized spacial score (nSPS) is 16.7. The summed E-state index contributed by atoms with van der Waals surface area (Å²) in [6.45, 7) is 1.22. The molecular formula is C18H22ClN3O3. The van der Waals surface area contributed by atoms with E-state index in [1.54, 1.807) is 35.4 Å². The van der Waals surface area contributed by atoms with E-state index in [0.29, 0.717) is 29.7 Å². The molecular weight excluding hydrogens is 342 g/mol. The molecule has 7 heteroatoms. The smallest absolute Gasteiger partial charge is 0.260 e. The summed E-state index contributed by atoms with van der Waals surface area (Å²) in [6, 6.07) is 7.00. The number of aliphatic hydroxyl groups excluding tert-OH is 1. The van der Waals surface area contributed by atoms with Gasteiger partial charge in [0.15, 0.2) is 6.61 Å². The van der Waals surface area contributed by atoms with Crippen LogP contribution in [0.1, 0.15) is 24.8 Å². The van der Waals surface area contributed by atoms with Gasteiger partial charge < -0.3 is 19.3 Å². The predicted molar refractivity (Wildman–Crippen MR) is 94.4 cm³/mol. The fourth-order valence-corrected chi connectivity index (χ4v) is 3.31. The maximum atomic E-state index is 12.3. The van der Waals surface area contributed by atoms with E-state index in [1.165, 1.54) is 0 Å². The number of ether oxygens (including phenoxy) is 1. The lowest BCUT2D eigenvalue weighted by atomic mass is 9.90. The first-order chi connectivity index (χ1) is 12.0. The number of imidazole rings is 1. The molecule has 0 spiro atoms. The number of aliphatic hydroxyl groups is 1. The molecule has 0 saturated carbocycles. The number of carbonyl (C=O) groups is 1. The Hall–Kier alpha value is -2.05. The minimum absolute atomic E-state index is 0.00702. The number of hydrogen-bond donors (Lipinski definition) is 1. The molecule has 1 aliphatic rings. The predicted octanol–water partition coefficient (Wildman–Crippen LogP) is 2.42. The monoisotopic (exact) mass is 363 g/mol. The quantitative estimate of drug-likeness (QED) is 0.885. The molecule has 134 valence electrons. The molecule has 1 aromatic carbocycles. The zero-order valence-electron chi connectivity index (χ0n) is 14.1. The van der Waals surface area contributed by atoms with E-state index in [9.17, 15) is 9.90 Å². The molecule has 25 heavy (non-hydrogen) atoms. The highest BCUT2D eigenvalue weighted by atomic mass is 35.5. The summed E-state index contributed by atoms with van der Waals surface area (Å²) in [7, 11) is 1.87. The topological polar surface area (TPSA) is 67.6 Å². The number of amides is 1. The maximum absolute atomic E-state index is 12.3. The SMILES string of the molecule is Cn1ccnc1[C@H](O)C1CCN(C(=O)COc2cccc(Cl)c2)CC1. The van der Waals surface area contributed by atoms with E-state index in [-0.39, 0.29) is 18.4 Å². The van der Waals surface area contributed by atoms with Crippen LogP contribution in [0.5, 0.6) is 5.75 Å². The Morgan fingerprint density at radius 3 is 2.84 bits per heavy atom. The van der Waals surface area contributed by atoms with Crippen LogP contribution in [0, 0.1) is 5.92 Å². The number of aryl methyl sites for hydroxylation is 1. The average Bonchev–Trinajstić information content (AvgIpc) is 3.05. The van der Waals surface area contributed by atoms with Gasteiger partial charge in [-0.05, 0) is 37.0 Å². The summed E-state index contributed by atoms with van der Waals surface area (Å²) in [5, 5.41) is 11.1. The number of carbonyl (C=O) groups excluding carboxylic acids is 1. The summed E-state index contributed by atoms with van der Waals surface area (Å²) >= 11 is 5.90. The molecule has 1 atom stereocenters. The number of rotatable bonds is 5. The van der Waals surface area contributed by atoms with Crippen molar-refractivity contribution < 1.29 is 14.6 Å². The van der Waals surface area contributed by atoms with Crippen molar-refractivity contribution >= 4 is 17.5 Å². The summed E-state index contributed by atoms with van der Waals surface area (Å²) in [5.41, 5.74) is 0. The van der Waals surface area contributed by atoms with Gasteiger partial charge in [0.1, 0.15) is 17.7 Å². The summed E-state index contributed by atoms with van der Waals surface area (Å²) in [5.74, 6) is 1.32. The molecule has 1 N–H and O–H groups in total. The Balaban J connectivity index is 1.48. The highest BCUT2D eigenvalue weighted by Gasteiger charge is 2.30. The van der Waals surface area contributed by atoms with Crippen molar-refractivity contribution in [1.29, 1.82) is 0 Å². The standard InChI is InChI=1S/C18H22ClN3O3/c1-21-10-7-20-18(21)17(24)13-5-8-22(9-6-13)16(23)12-25-15-4-2-3-14(19)11-15/h2-4,7,10-11,13,17,24H,5-6,8-9,12H2,1H3/t17-/m1/s1. The van der Waals surface area contributed by atoms with Crippen LogP contribution in [0.3, 0.4) is 0 Å². The fraction of sp³-hybridized carbons (Fsp3) is 0.444. The third-order valence-electron chi connectivity index (χ3n) is 4.62. The van der Waals surface area contributed by atoms with Gasteiger partial charge >= 0.3 is 0 Å². The van der Waals surface area contributed by atoms with E-state index >= 15 is 0 Å². The van der Waals surface area contributed by atoms with Gasteiger partial charge in [-0.3, -0.25) is 4.79 Å². The van der Waals surface area contributed by atoms with Crippen LogP contribution in [-0.2, 0) is 11.8 Å². The number of benzene rings is 1. The number of hydrogen-bond acceptors (Lipinski definition) is 4. The third kappa shape index (κ3) is 4.32. The van der Waals surface area contributed by atoms with Crippen molar-refractivity contribution in [3.05, 3.63) is 47.5 Å². The number of likely N-dealkylation sites (tertiary alicyclic amines) is 1. The second-order valence-electron chi connectivity index (χ2n) is 6.31. The first-order valence-electron chi connectivity index (χ1n) is 8.36. The third-order valence-corrected chi connectivity index (χ3v) is 4.86. The lowest BCUT2D eigenvalue weighted by molar-refractivity contribution is -0.135. The molecule has 0 bridgehead atoms. The van der Waals surface area contributed by atoms with E-state index in [1.807, 2.05) is 17.8 Å². The molecule has 1 aliphatic heterocycles. The van der Waals surface area contributed by atoms with Crippen LogP contribution < -0.4 is 4.74 Å². The molecule has 2 heterocycles. The largest absolute Gasteiger partial charge is 0.484 e. The Labute approximate surface area is 152 Å². The van der Waals surface area contributed by atoms with Crippen molar-refractivity contribution in [2.75, 3.05) is 19.7 Å². The van der Waals surface area contributed by atoms with Gasteiger partial charge in [0.2, 0.25) is 0 Å². The molecule has 3 rings (SSSR count). The number of halogens is 1. The lowest BCUT2D eigenvalue weighted by Gasteiger charge is -2.34. The first-order valence-corrected chi connectivity index (χ1v) is 8.74. The van der Waals surface area contributed by atoms with Crippen LogP contribution in [0.15, 0.2) is 36.7 Å². The molecule has 0 radical (unpaired) electrons. The Morgan fingerprint density at radius 1 is 1.44 bits per heavy atom. The van der Waals surface area contributed by atoms with E-state index < -0.39 is 6.10 Å². The van der Waals surface area contributed by atoms with Gasteiger partial charge in [0, 0.05) is 37.6 Å². The maximum Gasteiger partial charge on any atom is 0.260 e. The molecule has 1 aromatic heterocycles. The molecule has 6 nitrogen and oxygen atoms in total. The highest BCUT2D eigenvalue weighted by Crippen LogP contribution is 2.29. The van der Waals surface area contributed by atoms with Crippen molar-refractivity contribution in [3.8, 4) is 5.75 Å². The van der Waals surface area contributed by atoms with Crippen molar-refractivity contribution in [3.63, 3.8) is 0 Å². The van der Waals surface area contributed by atoms with Crippen LogP contribution in [0.2, 0.25) is 5.02 Å². The summed E-state index contributed by atoms with van der Waals surface area (Å²) in [4.78, 5) is 18.3. The second-order valence-corrected chi connectivity index (χ2v) is 6.74. The molecule has 2 aromatic rings. The van der Waals surface area contributed by atoms with Gasteiger partial charge in [-0.1, -0.05) is 17.7 Å². The zero-order valence-corrected chi connectivity index (χ0v) is 14.9. The highest BCUT2D eigenvalue weighted by molar-refractivity contribution is 6.30. The van der Waals surface area contributed by atoms with Gasteiger partial charge in [-0.15, -0.1) is 0 Å². The second kappa shape index (κ2) is 7.89. The van der Waals surface area contributed by atoms with Gasteiger partial charge in [-0.2, -0.15) is 0 Å². The van der Waals surface area contributed by atoms with Gasteiger partial charge in [-0.25, -0.2) is 4.98 Å². The van der Waals surface area contributed by atoms with Crippen LogP contribution in [0.4, 0.5) is 0 Å². The summed E-state index contributed by atoms with van der Waals surface area (Å²) < 4.78 is 7.35. The minimum atomic E-state index is -0.597. The lowest BCUT2D eigenvalue weighted by Crippen LogP contribution is -2.42. The van der Waals surface area contributed by atoms with Crippen molar-refractivity contribution in [2.24, 2.45) is 13.0 Å². The fourth-order valence-electron chi connectivity index (χ4n) is 3.13. The van der Waals surface area contributed by atoms with Crippen molar-refractivity contribution in [1.82, 2.24) is 14.5 Å². The zero-order chi connectivity index (χ0) is 17.8. The number of nitrogens with zero attached hydrogens (tertiary/aromatic N) is 3. The van der Waals surface area contributed by atoms with Crippen molar-refractivity contribution in [2.45, 2.75) is 18.9 Å². The molecule has 0 aliphatic carbocycles. The van der Waals surface area contributed by atoms with Crippen LogP contribution in [-0.4, -0.2) is 45.2 Å². The first kappa shape index (κ1) is 17.8. The summed E-state index contributed by atoms with van der Waals surface area (Å²) in [6.07, 6.45) is 4.41. The van der Waals surface area contributed by atoms with E-state index in [4.69, 9.17) is 16.3 Å². The number of aromatic nitrogens is 2. The Bertz CT molecular complexity index is 726. The van der Waals surface area contributed by atoms with Crippen LogP contribution in [0.25, 0.3) is 0 Å². The van der Waals surface area contributed by atoms with E-state index in [2.05, 4.69) is 4.98 Å². The molecule has 1 saturated heterocycles. The van der Waals surface area contributed by atoms with Gasteiger partial charge in [0.05, 0.1) is 0 Å². The average molecular weight is 364 g/mol. The minimum Gasteiger partial charge on any atom is -0.484 e. The van der Waals surface area contributed by atoms with Gasteiger partial charge in [0.25, 0.3) is 5.91 Å².